The fourth-order valence-electron chi connectivity index (χ4n) is 3.67. The summed E-state index contributed by atoms with van der Waals surface area (Å²) in [6, 6.07) is 4.68. The molecule has 1 aromatic carbocycles. The van der Waals surface area contributed by atoms with Crippen molar-refractivity contribution in [1.82, 2.24) is 0 Å². The third-order valence-electron chi connectivity index (χ3n) is 5.94. The summed E-state index contributed by atoms with van der Waals surface area (Å²) in [6.45, 7) is 15.4. The van der Waals surface area contributed by atoms with Crippen LogP contribution in [0.3, 0.4) is 0 Å². The van der Waals surface area contributed by atoms with Crippen LogP contribution < -0.4 is 15.2 Å². The quantitative estimate of drug-likeness (QED) is 0.262. The number of hydrogen-bond acceptors (Lipinski definition) is 9. The molecule has 220 valence electrons. The largest absolute Gasteiger partial charge is 0.468 e. The van der Waals surface area contributed by atoms with Gasteiger partial charge in [-0.2, -0.15) is 0 Å². The first-order valence-electron chi connectivity index (χ1n) is 13.4. The fourth-order valence-corrected chi connectivity index (χ4v) is 3.67. The zero-order valence-electron chi connectivity index (χ0n) is 25.1. The van der Waals surface area contributed by atoms with E-state index >= 15 is 0 Å². The van der Waals surface area contributed by atoms with Crippen molar-refractivity contribution in [2.45, 2.75) is 99.5 Å². The summed E-state index contributed by atoms with van der Waals surface area (Å²) >= 11 is 0. The second kappa shape index (κ2) is 14.4. The lowest BCUT2D eigenvalue weighted by Gasteiger charge is -2.27. The van der Waals surface area contributed by atoms with Gasteiger partial charge in [0.05, 0.1) is 26.6 Å². The Hall–Kier alpha value is -2.94. The van der Waals surface area contributed by atoms with Gasteiger partial charge in [0.1, 0.15) is 5.54 Å². The summed E-state index contributed by atoms with van der Waals surface area (Å²) in [6.07, 6.45) is 1.45. The Morgan fingerprint density at radius 3 is 1.90 bits per heavy atom. The Morgan fingerprint density at radius 1 is 0.872 bits per heavy atom. The van der Waals surface area contributed by atoms with E-state index < -0.39 is 23.4 Å². The monoisotopic (exact) mass is 549 g/mol. The molecule has 1 aromatic rings. The fraction of sp³-hybridized carbons (Fsp3) is 0.667. The highest BCUT2D eigenvalue weighted by molar-refractivity contribution is 5.81. The molecule has 1 rings (SSSR count). The lowest BCUT2D eigenvalue weighted by atomic mass is 9.88. The summed E-state index contributed by atoms with van der Waals surface area (Å²) in [5.74, 6) is -1.65. The van der Waals surface area contributed by atoms with Crippen molar-refractivity contribution >= 4 is 23.9 Å². The summed E-state index contributed by atoms with van der Waals surface area (Å²) in [7, 11) is 1.23. The SMILES string of the molecule is CCC(C)CC(=O)OCC[C@@](N)(Cc1ccc(OC(=O)CC(C)(C)C)c(OC(=O)CC(C)(C)C)c1)C(=O)OC. The number of esters is 4. The normalized spacial score (nSPS) is 14.1. The zero-order valence-corrected chi connectivity index (χ0v) is 25.1. The summed E-state index contributed by atoms with van der Waals surface area (Å²) in [4.78, 5) is 49.9. The predicted octanol–water partition coefficient (Wildman–Crippen LogP) is 5.15. The van der Waals surface area contributed by atoms with E-state index in [-0.39, 0.29) is 72.9 Å². The van der Waals surface area contributed by atoms with Crippen molar-refractivity contribution in [1.29, 1.82) is 0 Å². The molecule has 0 saturated heterocycles. The molecule has 0 aliphatic rings. The zero-order chi connectivity index (χ0) is 30.0. The van der Waals surface area contributed by atoms with E-state index in [1.165, 1.54) is 19.2 Å². The van der Waals surface area contributed by atoms with Gasteiger partial charge in [-0.05, 0) is 34.4 Å². The number of nitrogens with two attached hydrogens (primary N) is 1. The number of carbonyl (C=O) groups is 4. The van der Waals surface area contributed by atoms with Gasteiger partial charge >= 0.3 is 23.9 Å². The van der Waals surface area contributed by atoms with Crippen molar-refractivity contribution < 1.29 is 38.1 Å². The molecular formula is C30H47NO8. The number of carbonyl (C=O) groups excluding carboxylic acids is 4. The number of benzene rings is 1. The van der Waals surface area contributed by atoms with Crippen LogP contribution in [0.1, 0.15) is 93.1 Å². The molecule has 2 N–H and O–H groups in total. The Bertz CT molecular complexity index is 1010. The molecule has 0 aromatic heterocycles. The molecule has 0 saturated carbocycles. The minimum Gasteiger partial charge on any atom is -0.468 e. The maximum Gasteiger partial charge on any atom is 0.326 e. The van der Waals surface area contributed by atoms with Crippen LogP contribution in [0.5, 0.6) is 11.5 Å². The number of ether oxygens (including phenoxy) is 4. The van der Waals surface area contributed by atoms with Crippen molar-refractivity contribution in [3.8, 4) is 11.5 Å². The first kappa shape index (κ1) is 34.1. The molecule has 39 heavy (non-hydrogen) atoms. The number of methoxy groups -OCH3 is 1. The topological polar surface area (TPSA) is 131 Å². The van der Waals surface area contributed by atoms with Crippen LogP contribution >= 0.6 is 0 Å². The molecule has 1 unspecified atom stereocenters. The third kappa shape index (κ3) is 13.1. The number of hydrogen-bond donors (Lipinski definition) is 1. The van der Waals surface area contributed by atoms with E-state index in [2.05, 4.69) is 0 Å². The van der Waals surface area contributed by atoms with Gasteiger partial charge in [0.25, 0.3) is 0 Å². The molecule has 0 aliphatic carbocycles. The molecule has 0 heterocycles. The highest BCUT2D eigenvalue weighted by Crippen LogP contribution is 2.33. The van der Waals surface area contributed by atoms with Crippen LogP contribution in [0.15, 0.2) is 18.2 Å². The molecule has 9 heteroatoms. The molecule has 0 radical (unpaired) electrons. The highest BCUT2D eigenvalue weighted by Gasteiger charge is 2.36. The molecule has 0 amide bonds. The van der Waals surface area contributed by atoms with Gasteiger partial charge < -0.3 is 24.7 Å². The van der Waals surface area contributed by atoms with Crippen LogP contribution in [0, 0.1) is 16.7 Å². The second-order valence-corrected chi connectivity index (χ2v) is 12.7. The maximum atomic E-state index is 12.7. The Balaban J connectivity index is 3.20. The summed E-state index contributed by atoms with van der Waals surface area (Å²) in [5, 5.41) is 0. The number of rotatable bonds is 13. The second-order valence-electron chi connectivity index (χ2n) is 12.7. The van der Waals surface area contributed by atoms with Crippen LogP contribution in [-0.4, -0.2) is 43.1 Å². The summed E-state index contributed by atoms with van der Waals surface area (Å²) < 4.78 is 21.4. The lowest BCUT2D eigenvalue weighted by Crippen LogP contribution is -2.51. The van der Waals surface area contributed by atoms with E-state index in [9.17, 15) is 19.2 Å². The van der Waals surface area contributed by atoms with Crippen molar-refractivity contribution in [3.63, 3.8) is 0 Å². The minimum atomic E-state index is -1.51. The van der Waals surface area contributed by atoms with Gasteiger partial charge in [-0.3, -0.25) is 19.2 Å². The van der Waals surface area contributed by atoms with E-state index in [0.717, 1.165) is 6.42 Å². The van der Waals surface area contributed by atoms with Crippen LogP contribution in [0.4, 0.5) is 0 Å². The van der Waals surface area contributed by atoms with Gasteiger partial charge in [-0.25, -0.2) is 0 Å². The van der Waals surface area contributed by atoms with Crippen molar-refractivity contribution in [2.75, 3.05) is 13.7 Å². The van der Waals surface area contributed by atoms with Gasteiger partial charge in [0, 0.05) is 19.3 Å². The lowest BCUT2D eigenvalue weighted by molar-refractivity contribution is -0.151. The van der Waals surface area contributed by atoms with Gasteiger partial charge in [0.2, 0.25) is 0 Å². The van der Waals surface area contributed by atoms with Crippen LogP contribution in [0.25, 0.3) is 0 Å². The average Bonchev–Trinajstić information content (AvgIpc) is 2.77. The van der Waals surface area contributed by atoms with Crippen LogP contribution in [-0.2, 0) is 35.1 Å². The average molecular weight is 550 g/mol. The minimum absolute atomic E-state index is 0.00260. The van der Waals surface area contributed by atoms with Gasteiger partial charge in [-0.15, -0.1) is 0 Å². The first-order valence-corrected chi connectivity index (χ1v) is 13.4. The molecule has 2 atom stereocenters. The molecule has 0 fully saturated rings. The smallest absolute Gasteiger partial charge is 0.326 e. The molecule has 9 nitrogen and oxygen atoms in total. The maximum absolute atomic E-state index is 12.7. The third-order valence-corrected chi connectivity index (χ3v) is 5.94. The molecule has 0 spiro atoms. The Kier molecular flexibility index (Phi) is 12.6. The standard InChI is InChI=1S/C30H47NO8/c1-10-20(2)15-24(32)37-14-13-30(31,27(35)36-9)17-21-11-12-22(38-25(33)18-28(3,4)5)23(16-21)39-26(34)19-29(6,7)8/h11-12,16,20H,10,13-15,17-19,31H2,1-9H3/t20?,30-/m1/s1. The van der Waals surface area contributed by atoms with E-state index in [1.54, 1.807) is 6.07 Å². The Labute approximate surface area is 233 Å². The molecule has 0 aliphatic heterocycles. The van der Waals surface area contributed by atoms with E-state index in [1.807, 2.05) is 55.4 Å². The van der Waals surface area contributed by atoms with E-state index in [4.69, 9.17) is 24.7 Å². The first-order chi connectivity index (χ1) is 17.9. The molecule has 0 bridgehead atoms. The van der Waals surface area contributed by atoms with Gasteiger partial charge in [-0.1, -0.05) is 67.9 Å². The van der Waals surface area contributed by atoms with E-state index in [0.29, 0.717) is 5.56 Å². The van der Waals surface area contributed by atoms with Crippen molar-refractivity contribution in [3.05, 3.63) is 23.8 Å². The van der Waals surface area contributed by atoms with Crippen LogP contribution in [0.2, 0.25) is 0 Å². The van der Waals surface area contributed by atoms with Crippen molar-refractivity contribution in [2.24, 2.45) is 22.5 Å². The highest BCUT2D eigenvalue weighted by atomic mass is 16.6. The molecular weight excluding hydrogens is 502 g/mol. The Morgan fingerprint density at radius 2 is 1.41 bits per heavy atom. The van der Waals surface area contributed by atoms with Gasteiger partial charge in [0.15, 0.2) is 11.5 Å². The summed E-state index contributed by atoms with van der Waals surface area (Å²) in [5.41, 5.74) is 4.88. The predicted molar refractivity (Wildman–Crippen MR) is 148 cm³/mol.